The van der Waals surface area contributed by atoms with Gasteiger partial charge in [0.1, 0.15) is 17.1 Å². The van der Waals surface area contributed by atoms with Crippen LogP contribution < -0.4 is 10.2 Å². The van der Waals surface area contributed by atoms with Crippen LogP contribution in [0.1, 0.15) is 10.4 Å². The van der Waals surface area contributed by atoms with Gasteiger partial charge in [-0.1, -0.05) is 0 Å². The summed E-state index contributed by atoms with van der Waals surface area (Å²) < 4.78 is 13.7. The van der Waals surface area contributed by atoms with Gasteiger partial charge in [-0.3, -0.25) is 25.0 Å². The van der Waals surface area contributed by atoms with E-state index in [0.29, 0.717) is 12.1 Å². The molecule has 10 heteroatoms. The second-order valence-corrected chi connectivity index (χ2v) is 4.21. The second-order valence-electron chi connectivity index (χ2n) is 4.21. The number of aromatic carboxylic acids is 1. The number of carboxylic acids is 1. The van der Waals surface area contributed by atoms with Gasteiger partial charge in [0.15, 0.2) is 0 Å². The Hall–Kier alpha value is -3.04. The van der Waals surface area contributed by atoms with Crippen molar-refractivity contribution in [3.8, 4) is 0 Å². The standard InChI is InChI=1S/C11H8FN3O6/c12-6-2-7(14-3-9(16)13-10(17)4-14)8(15(20)21)1-5(6)11(18)19/h1-2H,3-4H2,(H,18,19)(H,13,16,17). The van der Waals surface area contributed by atoms with Crippen molar-refractivity contribution in [1.29, 1.82) is 0 Å². The van der Waals surface area contributed by atoms with Gasteiger partial charge in [-0.05, 0) is 0 Å². The first-order valence-corrected chi connectivity index (χ1v) is 5.58. The summed E-state index contributed by atoms with van der Waals surface area (Å²) in [7, 11) is 0. The van der Waals surface area contributed by atoms with E-state index in [-0.39, 0.29) is 18.8 Å². The molecule has 0 spiro atoms. The Balaban J connectivity index is 2.54. The highest BCUT2D eigenvalue weighted by Gasteiger charge is 2.30. The number of amides is 2. The minimum Gasteiger partial charge on any atom is -0.478 e. The van der Waals surface area contributed by atoms with Crippen molar-refractivity contribution in [2.24, 2.45) is 0 Å². The largest absolute Gasteiger partial charge is 0.478 e. The first kappa shape index (κ1) is 14.4. The van der Waals surface area contributed by atoms with Crippen LogP contribution >= 0.6 is 0 Å². The summed E-state index contributed by atoms with van der Waals surface area (Å²) in [6.07, 6.45) is 0. The Morgan fingerprint density at radius 2 is 1.90 bits per heavy atom. The first-order chi connectivity index (χ1) is 9.79. The number of nitro groups is 1. The van der Waals surface area contributed by atoms with E-state index < -0.39 is 39.8 Å². The zero-order valence-electron chi connectivity index (χ0n) is 10.3. The number of nitro benzene ring substituents is 1. The van der Waals surface area contributed by atoms with Crippen molar-refractivity contribution in [2.45, 2.75) is 0 Å². The van der Waals surface area contributed by atoms with Gasteiger partial charge in [0.2, 0.25) is 11.8 Å². The SMILES string of the molecule is O=C1CN(c2cc(F)c(C(=O)O)cc2[N+](=O)[O-])CC(=O)N1. The lowest BCUT2D eigenvalue weighted by Crippen LogP contribution is -2.51. The Bertz CT molecular complexity index is 658. The van der Waals surface area contributed by atoms with Crippen molar-refractivity contribution in [1.82, 2.24) is 5.32 Å². The van der Waals surface area contributed by atoms with E-state index in [1.54, 1.807) is 0 Å². The normalized spacial score (nSPS) is 14.8. The number of hydrogen-bond donors (Lipinski definition) is 2. The van der Waals surface area contributed by atoms with Gasteiger partial charge in [-0.25, -0.2) is 9.18 Å². The average molecular weight is 297 g/mol. The van der Waals surface area contributed by atoms with E-state index in [9.17, 15) is 28.9 Å². The molecule has 1 heterocycles. The van der Waals surface area contributed by atoms with E-state index >= 15 is 0 Å². The summed E-state index contributed by atoms with van der Waals surface area (Å²) in [6, 6.07) is 1.19. The monoisotopic (exact) mass is 297 g/mol. The lowest BCUT2D eigenvalue weighted by Gasteiger charge is -2.27. The predicted molar refractivity (Wildman–Crippen MR) is 65.4 cm³/mol. The molecule has 0 atom stereocenters. The number of hydrogen-bond acceptors (Lipinski definition) is 6. The van der Waals surface area contributed by atoms with Crippen molar-refractivity contribution in [2.75, 3.05) is 18.0 Å². The Morgan fingerprint density at radius 1 is 1.33 bits per heavy atom. The van der Waals surface area contributed by atoms with Crippen LogP contribution in [0, 0.1) is 15.9 Å². The molecule has 2 amide bonds. The van der Waals surface area contributed by atoms with Crippen LogP contribution in [0.3, 0.4) is 0 Å². The maximum Gasteiger partial charge on any atom is 0.338 e. The van der Waals surface area contributed by atoms with Crippen LogP contribution in [-0.2, 0) is 9.59 Å². The zero-order valence-corrected chi connectivity index (χ0v) is 10.3. The van der Waals surface area contributed by atoms with Gasteiger partial charge in [-0.15, -0.1) is 0 Å². The molecule has 1 aliphatic rings. The number of anilines is 1. The van der Waals surface area contributed by atoms with Crippen molar-refractivity contribution < 1.29 is 28.8 Å². The fraction of sp³-hybridized carbons (Fsp3) is 0.182. The summed E-state index contributed by atoms with van der Waals surface area (Å²) in [5.74, 6) is -4.23. The summed E-state index contributed by atoms with van der Waals surface area (Å²) in [5, 5.41) is 21.7. The maximum atomic E-state index is 13.7. The molecule has 2 N–H and O–H groups in total. The second kappa shape index (κ2) is 5.15. The number of rotatable bonds is 3. The molecule has 9 nitrogen and oxygen atoms in total. The highest BCUT2D eigenvalue weighted by Crippen LogP contribution is 2.31. The predicted octanol–water partition coefficient (Wildman–Crippen LogP) is -0.105. The highest BCUT2D eigenvalue weighted by molar-refractivity contribution is 6.03. The molecule has 1 fully saturated rings. The molecule has 2 rings (SSSR count). The molecule has 0 bridgehead atoms. The fourth-order valence-corrected chi connectivity index (χ4v) is 1.92. The highest BCUT2D eigenvalue weighted by atomic mass is 19.1. The molecule has 0 unspecified atom stereocenters. The van der Waals surface area contributed by atoms with E-state index in [0.717, 1.165) is 4.90 Å². The van der Waals surface area contributed by atoms with Gasteiger partial charge in [0.25, 0.3) is 5.69 Å². The Labute approximate surface area is 116 Å². The van der Waals surface area contributed by atoms with E-state index in [2.05, 4.69) is 0 Å². The molecule has 1 aromatic rings. The smallest absolute Gasteiger partial charge is 0.338 e. The number of carbonyl (C=O) groups is 3. The minimum atomic E-state index is -1.66. The molecule has 1 aromatic carbocycles. The minimum absolute atomic E-state index is 0.328. The quantitative estimate of drug-likeness (QED) is 0.452. The topological polar surface area (TPSA) is 130 Å². The van der Waals surface area contributed by atoms with Crippen LogP contribution in [0.15, 0.2) is 12.1 Å². The van der Waals surface area contributed by atoms with Crippen LogP contribution in [0.25, 0.3) is 0 Å². The molecule has 21 heavy (non-hydrogen) atoms. The maximum absolute atomic E-state index is 13.7. The molecule has 0 saturated carbocycles. The molecule has 0 radical (unpaired) electrons. The van der Waals surface area contributed by atoms with Gasteiger partial charge >= 0.3 is 5.97 Å². The summed E-state index contributed by atoms with van der Waals surface area (Å²) in [6.45, 7) is -0.753. The number of nitrogens with one attached hydrogen (secondary N) is 1. The van der Waals surface area contributed by atoms with Gasteiger partial charge in [0.05, 0.1) is 18.0 Å². The van der Waals surface area contributed by atoms with Crippen LogP contribution in [0.5, 0.6) is 0 Å². The average Bonchev–Trinajstić information content (AvgIpc) is 2.36. The molecule has 1 saturated heterocycles. The van der Waals surface area contributed by atoms with Crippen molar-refractivity contribution in [3.63, 3.8) is 0 Å². The molecular weight excluding hydrogens is 289 g/mol. The Kier molecular flexibility index (Phi) is 3.52. The van der Waals surface area contributed by atoms with Gasteiger partial charge in [-0.2, -0.15) is 0 Å². The molecule has 0 aliphatic carbocycles. The molecule has 110 valence electrons. The number of halogens is 1. The van der Waals surface area contributed by atoms with E-state index in [1.807, 2.05) is 5.32 Å². The van der Waals surface area contributed by atoms with Crippen molar-refractivity contribution in [3.05, 3.63) is 33.6 Å². The summed E-state index contributed by atoms with van der Waals surface area (Å²) >= 11 is 0. The third kappa shape index (κ3) is 2.78. The Morgan fingerprint density at radius 3 is 2.38 bits per heavy atom. The number of benzene rings is 1. The van der Waals surface area contributed by atoms with Crippen LogP contribution in [0.4, 0.5) is 15.8 Å². The molecular formula is C11H8FN3O6. The third-order valence-electron chi connectivity index (χ3n) is 2.78. The first-order valence-electron chi connectivity index (χ1n) is 5.58. The third-order valence-corrected chi connectivity index (χ3v) is 2.78. The molecule has 0 aromatic heterocycles. The van der Waals surface area contributed by atoms with Gasteiger partial charge in [0, 0.05) is 12.1 Å². The summed E-state index contributed by atoms with van der Waals surface area (Å²) in [4.78, 5) is 44.4. The number of carboxylic acid groups (broad SMARTS) is 1. The van der Waals surface area contributed by atoms with Gasteiger partial charge < -0.3 is 10.0 Å². The number of piperazine rings is 1. The lowest BCUT2D eigenvalue weighted by atomic mass is 10.1. The van der Waals surface area contributed by atoms with E-state index in [4.69, 9.17) is 5.11 Å². The molecule has 1 aliphatic heterocycles. The number of nitrogens with zero attached hydrogens (tertiary/aromatic N) is 2. The number of carbonyl (C=O) groups excluding carboxylic acids is 2. The van der Waals surface area contributed by atoms with Crippen LogP contribution in [0.2, 0.25) is 0 Å². The van der Waals surface area contributed by atoms with Crippen molar-refractivity contribution >= 4 is 29.2 Å². The van der Waals surface area contributed by atoms with E-state index in [1.165, 1.54) is 0 Å². The summed E-state index contributed by atoms with van der Waals surface area (Å²) in [5.41, 5.74) is -1.89. The number of imide groups is 1. The lowest BCUT2D eigenvalue weighted by molar-refractivity contribution is -0.384. The fourth-order valence-electron chi connectivity index (χ4n) is 1.92. The zero-order chi connectivity index (χ0) is 15.7. The van der Waals surface area contributed by atoms with Crippen LogP contribution in [-0.4, -0.2) is 40.9 Å².